The van der Waals surface area contributed by atoms with Crippen molar-refractivity contribution in [2.24, 2.45) is 17.1 Å². The molecule has 1 heterocycles. The standard InChI is InChI=1S/C15H22BrFN2/c1-15(2,3)11-6-7-19(9-11)12-5-4-10(8-18)13(16)14(12)17/h4-5,11H,6-9,18H2,1-3H3. The molecule has 106 valence electrons. The Morgan fingerprint density at radius 1 is 1.42 bits per heavy atom. The van der Waals surface area contributed by atoms with Gasteiger partial charge in [0.1, 0.15) is 0 Å². The molecule has 0 aliphatic carbocycles. The molecule has 1 saturated heterocycles. The summed E-state index contributed by atoms with van der Waals surface area (Å²) in [4.78, 5) is 2.15. The van der Waals surface area contributed by atoms with Gasteiger partial charge in [-0.3, -0.25) is 0 Å². The predicted octanol–water partition coefficient (Wildman–Crippen LogP) is 3.92. The molecule has 0 spiro atoms. The van der Waals surface area contributed by atoms with Crippen molar-refractivity contribution in [3.05, 3.63) is 28.0 Å². The van der Waals surface area contributed by atoms with Crippen LogP contribution in [-0.4, -0.2) is 13.1 Å². The number of hydrogen-bond acceptors (Lipinski definition) is 2. The maximum absolute atomic E-state index is 14.4. The molecule has 1 fully saturated rings. The summed E-state index contributed by atoms with van der Waals surface area (Å²) >= 11 is 3.31. The van der Waals surface area contributed by atoms with Gasteiger partial charge in [0.05, 0.1) is 10.2 Å². The third-order valence-electron chi connectivity index (χ3n) is 4.12. The van der Waals surface area contributed by atoms with Crippen LogP contribution >= 0.6 is 15.9 Å². The Labute approximate surface area is 123 Å². The lowest BCUT2D eigenvalue weighted by atomic mass is 9.80. The molecule has 1 unspecified atom stereocenters. The minimum Gasteiger partial charge on any atom is -0.369 e. The molecule has 19 heavy (non-hydrogen) atoms. The van der Waals surface area contributed by atoms with Crippen molar-refractivity contribution in [1.82, 2.24) is 0 Å². The summed E-state index contributed by atoms with van der Waals surface area (Å²) < 4.78 is 14.9. The molecule has 0 radical (unpaired) electrons. The van der Waals surface area contributed by atoms with E-state index in [4.69, 9.17) is 5.73 Å². The zero-order valence-corrected chi connectivity index (χ0v) is 13.4. The SMILES string of the molecule is CC(C)(C)C1CCN(c2ccc(CN)c(Br)c2F)C1. The van der Waals surface area contributed by atoms with E-state index in [1.54, 1.807) is 0 Å². The first-order valence-electron chi connectivity index (χ1n) is 6.76. The number of benzene rings is 1. The van der Waals surface area contributed by atoms with E-state index >= 15 is 0 Å². The largest absolute Gasteiger partial charge is 0.369 e. The number of halogens is 2. The Morgan fingerprint density at radius 3 is 2.63 bits per heavy atom. The molecule has 4 heteroatoms. The Kier molecular flexibility index (Phi) is 4.21. The molecular formula is C15H22BrFN2. The maximum atomic E-state index is 14.4. The molecule has 1 aromatic carbocycles. The van der Waals surface area contributed by atoms with Crippen LogP contribution in [0.1, 0.15) is 32.8 Å². The number of nitrogens with zero attached hydrogens (tertiary/aromatic N) is 1. The molecule has 1 aliphatic heterocycles. The fourth-order valence-corrected chi connectivity index (χ4v) is 3.16. The fraction of sp³-hybridized carbons (Fsp3) is 0.600. The lowest BCUT2D eigenvalue weighted by molar-refractivity contribution is 0.263. The quantitative estimate of drug-likeness (QED) is 0.891. The van der Waals surface area contributed by atoms with Gasteiger partial charge in [0, 0.05) is 19.6 Å². The van der Waals surface area contributed by atoms with Crippen LogP contribution in [0.4, 0.5) is 10.1 Å². The highest BCUT2D eigenvalue weighted by molar-refractivity contribution is 9.10. The molecule has 1 aliphatic rings. The van der Waals surface area contributed by atoms with Gasteiger partial charge >= 0.3 is 0 Å². The van der Waals surface area contributed by atoms with Crippen molar-refractivity contribution < 1.29 is 4.39 Å². The smallest absolute Gasteiger partial charge is 0.160 e. The van der Waals surface area contributed by atoms with Crippen molar-refractivity contribution in [2.45, 2.75) is 33.7 Å². The van der Waals surface area contributed by atoms with E-state index in [0.29, 0.717) is 22.6 Å². The van der Waals surface area contributed by atoms with Crippen LogP contribution in [0.15, 0.2) is 16.6 Å². The average molecular weight is 329 g/mol. The second-order valence-corrected chi connectivity index (χ2v) is 7.17. The maximum Gasteiger partial charge on any atom is 0.160 e. The third kappa shape index (κ3) is 2.95. The lowest BCUT2D eigenvalue weighted by Crippen LogP contribution is -2.26. The van der Waals surface area contributed by atoms with E-state index < -0.39 is 0 Å². The van der Waals surface area contributed by atoms with Crippen molar-refractivity contribution in [3.8, 4) is 0 Å². The number of nitrogens with two attached hydrogens (primary N) is 1. The monoisotopic (exact) mass is 328 g/mol. The summed E-state index contributed by atoms with van der Waals surface area (Å²) in [5.74, 6) is 0.428. The summed E-state index contributed by atoms with van der Waals surface area (Å²) in [7, 11) is 0. The van der Waals surface area contributed by atoms with Gasteiger partial charge in [0.25, 0.3) is 0 Å². The Bertz CT molecular complexity index is 468. The van der Waals surface area contributed by atoms with E-state index in [9.17, 15) is 4.39 Å². The highest BCUT2D eigenvalue weighted by Gasteiger charge is 2.33. The topological polar surface area (TPSA) is 29.3 Å². The van der Waals surface area contributed by atoms with Crippen LogP contribution in [-0.2, 0) is 6.54 Å². The van der Waals surface area contributed by atoms with E-state index in [2.05, 4.69) is 41.6 Å². The van der Waals surface area contributed by atoms with E-state index in [-0.39, 0.29) is 11.2 Å². The van der Waals surface area contributed by atoms with Gasteiger partial charge in [-0.1, -0.05) is 26.8 Å². The van der Waals surface area contributed by atoms with Crippen molar-refractivity contribution in [3.63, 3.8) is 0 Å². The Morgan fingerprint density at radius 2 is 2.11 bits per heavy atom. The number of anilines is 1. The zero-order chi connectivity index (χ0) is 14.2. The highest BCUT2D eigenvalue weighted by Crippen LogP contribution is 2.38. The molecule has 1 atom stereocenters. The summed E-state index contributed by atoms with van der Waals surface area (Å²) in [6, 6.07) is 3.76. The summed E-state index contributed by atoms with van der Waals surface area (Å²) in [5.41, 5.74) is 7.37. The van der Waals surface area contributed by atoms with Crippen molar-refractivity contribution in [2.75, 3.05) is 18.0 Å². The van der Waals surface area contributed by atoms with Gasteiger partial charge in [-0.2, -0.15) is 0 Å². The van der Waals surface area contributed by atoms with E-state index in [0.717, 1.165) is 25.1 Å². The molecule has 0 amide bonds. The average Bonchev–Trinajstić information content (AvgIpc) is 2.81. The Balaban J connectivity index is 2.23. The van der Waals surface area contributed by atoms with E-state index in [1.807, 2.05) is 12.1 Å². The van der Waals surface area contributed by atoms with Crippen LogP contribution in [0.3, 0.4) is 0 Å². The molecule has 2 N–H and O–H groups in total. The molecule has 0 aromatic heterocycles. The molecule has 0 bridgehead atoms. The minimum absolute atomic E-state index is 0.183. The normalized spacial score (nSPS) is 20.1. The van der Waals surface area contributed by atoms with Crippen LogP contribution in [0.5, 0.6) is 0 Å². The summed E-state index contributed by atoms with van der Waals surface area (Å²) in [6.45, 7) is 8.96. The summed E-state index contributed by atoms with van der Waals surface area (Å²) in [5, 5.41) is 0. The minimum atomic E-state index is -0.183. The van der Waals surface area contributed by atoms with Crippen LogP contribution in [0.2, 0.25) is 0 Å². The molecule has 1 aromatic rings. The number of rotatable bonds is 2. The lowest BCUT2D eigenvalue weighted by Gasteiger charge is -2.27. The van der Waals surface area contributed by atoms with Crippen LogP contribution in [0, 0.1) is 17.2 Å². The second kappa shape index (κ2) is 5.41. The van der Waals surface area contributed by atoms with Gasteiger partial charge in [-0.05, 0) is 45.3 Å². The van der Waals surface area contributed by atoms with Crippen LogP contribution in [0.25, 0.3) is 0 Å². The fourth-order valence-electron chi connectivity index (χ4n) is 2.67. The zero-order valence-electron chi connectivity index (χ0n) is 11.8. The van der Waals surface area contributed by atoms with Crippen molar-refractivity contribution >= 4 is 21.6 Å². The van der Waals surface area contributed by atoms with E-state index in [1.165, 1.54) is 0 Å². The molecule has 2 rings (SSSR count). The van der Waals surface area contributed by atoms with Crippen LogP contribution < -0.4 is 10.6 Å². The highest BCUT2D eigenvalue weighted by atomic mass is 79.9. The third-order valence-corrected chi connectivity index (χ3v) is 4.97. The van der Waals surface area contributed by atoms with Gasteiger partial charge < -0.3 is 10.6 Å². The predicted molar refractivity (Wildman–Crippen MR) is 81.8 cm³/mol. The summed E-state index contributed by atoms with van der Waals surface area (Å²) in [6.07, 6.45) is 1.12. The van der Waals surface area contributed by atoms with Gasteiger partial charge in [0.15, 0.2) is 5.82 Å². The first-order chi connectivity index (χ1) is 8.84. The molecular weight excluding hydrogens is 307 g/mol. The van der Waals surface area contributed by atoms with Gasteiger partial charge in [0.2, 0.25) is 0 Å². The molecule has 2 nitrogen and oxygen atoms in total. The first-order valence-corrected chi connectivity index (χ1v) is 7.55. The first kappa shape index (κ1) is 14.8. The van der Waals surface area contributed by atoms with Gasteiger partial charge in [-0.25, -0.2) is 4.39 Å². The number of hydrogen-bond donors (Lipinski definition) is 1. The van der Waals surface area contributed by atoms with Crippen molar-refractivity contribution in [1.29, 1.82) is 0 Å². The second-order valence-electron chi connectivity index (χ2n) is 6.37. The molecule has 0 saturated carbocycles. The Hall–Kier alpha value is -0.610. The van der Waals surface area contributed by atoms with Gasteiger partial charge in [-0.15, -0.1) is 0 Å².